The molecule has 1 N–H and O–H groups in total. The Balaban J connectivity index is 1.54. The SMILES string of the molecule is CCOc1ccc(NC(=O)CCN2C(=O)/C(=C/c3ccco3)SC2=S)cc1. The van der Waals surface area contributed by atoms with Crippen LogP contribution in [-0.2, 0) is 9.59 Å². The number of amides is 2. The van der Waals surface area contributed by atoms with Crippen LogP contribution in [0.2, 0.25) is 0 Å². The van der Waals surface area contributed by atoms with Crippen LogP contribution in [0, 0.1) is 0 Å². The number of thiocarbonyl (C=S) groups is 1. The highest BCUT2D eigenvalue weighted by Gasteiger charge is 2.32. The van der Waals surface area contributed by atoms with E-state index < -0.39 is 0 Å². The first kappa shape index (κ1) is 19.2. The van der Waals surface area contributed by atoms with E-state index in [4.69, 9.17) is 21.4 Å². The number of nitrogens with zero attached hydrogens (tertiary/aromatic N) is 1. The summed E-state index contributed by atoms with van der Waals surface area (Å²) in [6, 6.07) is 10.6. The summed E-state index contributed by atoms with van der Waals surface area (Å²) < 4.78 is 11.0. The minimum atomic E-state index is -0.213. The molecule has 27 heavy (non-hydrogen) atoms. The van der Waals surface area contributed by atoms with Crippen molar-refractivity contribution in [1.29, 1.82) is 0 Å². The molecule has 0 atom stereocenters. The molecule has 0 bridgehead atoms. The first-order valence-corrected chi connectivity index (χ1v) is 9.61. The number of ether oxygens (including phenoxy) is 1. The Hall–Kier alpha value is -2.58. The van der Waals surface area contributed by atoms with Gasteiger partial charge >= 0.3 is 0 Å². The Morgan fingerprint density at radius 2 is 2.11 bits per heavy atom. The molecule has 1 saturated heterocycles. The molecule has 2 amide bonds. The number of hydrogen-bond acceptors (Lipinski definition) is 6. The van der Waals surface area contributed by atoms with Crippen molar-refractivity contribution >= 4 is 51.9 Å². The van der Waals surface area contributed by atoms with E-state index in [9.17, 15) is 9.59 Å². The number of carbonyl (C=O) groups is 2. The standard InChI is InChI=1S/C19H18N2O4S2/c1-2-24-14-7-5-13(6-8-14)20-17(22)9-10-21-18(23)16(27-19(21)26)12-15-4-3-11-25-15/h3-8,11-12H,2,9-10H2,1H3,(H,20,22)/b16-12-. The molecular weight excluding hydrogens is 384 g/mol. The quantitative estimate of drug-likeness (QED) is 0.559. The van der Waals surface area contributed by atoms with Crippen LogP contribution in [0.3, 0.4) is 0 Å². The van der Waals surface area contributed by atoms with Crippen LogP contribution in [0.1, 0.15) is 19.1 Å². The lowest BCUT2D eigenvalue weighted by atomic mass is 10.3. The fourth-order valence-corrected chi connectivity index (χ4v) is 3.72. The third kappa shape index (κ3) is 4.99. The van der Waals surface area contributed by atoms with Gasteiger partial charge in [0, 0.05) is 24.7 Å². The monoisotopic (exact) mass is 402 g/mol. The van der Waals surface area contributed by atoms with Crippen molar-refractivity contribution in [3.05, 3.63) is 53.3 Å². The van der Waals surface area contributed by atoms with Crippen LogP contribution in [-0.4, -0.2) is 34.2 Å². The van der Waals surface area contributed by atoms with Gasteiger partial charge in [0.2, 0.25) is 5.91 Å². The lowest BCUT2D eigenvalue weighted by Gasteiger charge is -2.14. The predicted octanol–water partition coefficient (Wildman–Crippen LogP) is 3.91. The van der Waals surface area contributed by atoms with Gasteiger partial charge < -0.3 is 14.5 Å². The molecule has 0 unspecified atom stereocenters. The zero-order chi connectivity index (χ0) is 19.2. The minimum absolute atomic E-state index is 0.147. The van der Waals surface area contributed by atoms with Gasteiger partial charge in [0.15, 0.2) is 0 Å². The maximum atomic E-state index is 12.5. The zero-order valence-electron chi connectivity index (χ0n) is 14.6. The molecule has 140 valence electrons. The van der Waals surface area contributed by atoms with E-state index in [0.717, 1.165) is 5.75 Å². The number of anilines is 1. The topological polar surface area (TPSA) is 71.8 Å². The normalized spacial score (nSPS) is 15.4. The molecule has 0 radical (unpaired) electrons. The molecule has 8 heteroatoms. The maximum absolute atomic E-state index is 12.5. The maximum Gasteiger partial charge on any atom is 0.266 e. The summed E-state index contributed by atoms with van der Waals surface area (Å²) in [6.07, 6.45) is 3.34. The van der Waals surface area contributed by atoms with Crippen molar-refractivity contribution < 1.29 is 18.7 Å². The van der Waals surface area contributed by atoms with E-state index in [0.29, 0.717) is 27.3 Å². The van der Waals surface area contributed by atoms with Gasteiger partial charge in [-0.3, -0.25) is 14.5 Å². The number of rotatable bonds is 7. The highest BCUT2D eigenvalue weighted by atomic mass is 32.2. The zero-order valence-corrected chi connectivity index (χ0v) is 16.3. The van der Waals surface area contributed by atoms with Crippen LogP contribution >= 0.6 is 24.0 Å². The Labute approximate surface area is 166 Å². The number of carbonyl (C=O) groups excluding carboxylic acids is 2. The van der Waals surface area contributed by atoms with E-state index in [1.54, 1.807) is 42.5 Å². The van der Waals surface area contributed by atoms with Crippen molar-refractivity contribution in [2.75, 3.05) is 18.5 Å². The summed E-state index contributed by atoms with van der Waals surface area (Å²) in [5.41, 5.74) is 0.673. The Morgan fingerprint density at radius 3 is 2.78 bits per heavy atom. The molecule has 3 rings (SSSR count). The molecular formula is C19H18N2O4S2. The van der Waals surface area contributed by atoms with Gasteiger partial charge in [-0.2, -0.15) is 0 Å². The molecule has 2 aromatic rings. The number of furan rings is 1. The molecule has 0 saturated carbocycles. The highest BCUT2D eigenvalue weighted by Crippen LogP contribution is 2.32. The third-order valence-corrected chi connectivity index (χ3v) is 5.08. The van der Waals surface area contributed by atoms with E-state index in [2.05, 4.69) is 5.32 Å². The number of hydrogen-bond donors (Lipinski definition) is 1. The molecule has 1 fully saturated rings. The average molecular weight is 402 g/mol. The van der Waals surface area contributed by atoms with Crippen molar-refractivity contribution in [2.24, 2.45) is 0 Å². The molecule has 1 aromatic heterocycles. The van der Waals surface area contributed by atoms with Crippen LogP contribution in [0.4, 0.5) is 5.69 Å². The van der Waals surface area contributed by atoms with E-state index in [1.807, 2.05) is 6.92 Å². The lowest BCUT2D eigenvalue weighted by Crippen LogP contribution is -2.31. The van der Waals surface area contributed by atoms with E-state index in [-0.39, 0.29) is 24.8 Å². The molecule has 1 aliphatic heterocycles. The summed E-state index contributed by atoms with van der Waals surface area (Å²) in [7, 11) is 0. The molecule has 6 nitrogen and oxygen atoms in total. The summed E-state index contributed by atoms with van der Waals surface area (Å²) >= 11 is 6.47. The molecule has 2 heterocycles. The number of thioether (sulfide) groups is 1. The van der Waals surface area contributed by atoms with Gasteiger partial charge in [-0.25, -0.2) is 0 Å². The predicted molar refractivity (Wildman–Crippen MR) is 109 cm³/mol. The Morgan fingerprint density at radius 1 is 1.33 bits per heavy atom. The smallest absolute Gasteiger partial charge is 0.266 e. The van der Waals surface area contributed by atoms with Crippen LogP contribution < -0.4 is 10.1 Å². The lowest BCUT2D eigenvalue weighted by molar-refractivity contribution is -0.122. The minimum Gasteiger partial charge on any atom is -0.494 e. The van der Waals surface area contributed by atoms with E-state index in [1.165, 1.54) is 22.9 Å². The summed E-state index contributed by atoms with van der Waals surface area (Å²) in [5, 5.41) is 2.80. The van der Waals surface area contributed by atoms with Gasteiger partial charge in [0.05, 0.1) is 17.8 Å². The van der Waals surface area contributed by atoms with Crippen molar-refractivity contribution in [2.45, 2.75) is 13.3 Å². The van der Waals surface area contributed by atoms with Gasteiger partial charge in [-0.15, -0.1) is 0 Å². The van der Waals surface area contributed by atoms with Crippen LogP contribution in [0.5, 0.6) is 5.75 Å². The van der Waals surface area contributed by atoms with Gasteiger partial charge in [0.25, 0.3) is 5.91 Å². The molecule has 1 aliphatic rings. The average Bonchev–Trinajstić information content (AvgIpc) is 3.24. The summed E-state index contributed by atoms with van der Waals surface area (Å²) in [5.74, 6) is 0.929. The fourth-order valence-electron chi connectivity index (χ4n) is 2.43. The molecule has 0 spiro atoms. The number of nitrogens with one attached hydrogen (secondary N) is 1. The first-order valence-electron chi connectivity index (χ1n) is 8.38. The first-order chi connectivity index (χ1) is 13.1. The van der Waals surface area contributed by atoms with Crippen molar-refractivity contribution in [3.8, 4) is 5.75 Å². The van der Waals surface area contributed by atoms with E-state index >= 15 is 0 Å². The van der Waals surface area contributed by atoms with Crippen molar-refractivity contribution in [3.63, 3.8) is 0 Å². The largest absolute Gasteiger partial charge is 0.494 e. The van der Waals surface area contributed by atoms with Gasteiger partial charge in [0.1, 0.15) is 15.8 Å². The highest BCUT2D eigenvalue weighted by molar-refractivity contribution is 8.26. The number of benzene rings is 1. The Kier molecular flexibility index (Phi) is 6.31. The fraction of sp³-hybridized carbons (Fsp3) is 0.211. The van der Waals surface area contributed by atoms with Gasteiger partial charge in [-0.05, 0) is 43.3 Å². The summed E-state index contributed by atoms with van der Waals surface area (Å²) in [4.78, 5) is 26.6. The van der Waals surface area contributed by atoms with Gasteiger partial charge in [-0.1, -0.05) is 24.0 Å². The van der Waals surface area contributed by atoms with Crippen LogP contribution in [0.25, 0.3) is 6.08 Å². The second kappa shape index (κ2) is 8.88. The summed E-state index contributed by atoms with van der Waals surface area (Å²) in [6.45, 7) is 2.72. The second-order valence-corrected chi connectivity index (χ2v) is 7.28. The third-order valence-electron chi connectivity index (χ3n) is 3.70. The van der Waals surface area contributed by atoms with Crippen molar-refractivity contribution in [1.82, 2.24) is 4.90 Å². The second-order valence-electron chi connectivity index (χ2n) is 5.60. The molecule has 1 aromatic carbocycles. The molecule has 0 aliphatic carbocycles. The van der Waals surface area contributed by atoms with Crippen LogP contribution in [0.15, 0.2) is 52.0 Å². The Bertz CT molecular complexity index is 860.